The SMILES string of the molecule is C=C(C)CC(=O)N(C)c1ccc(N2CCc3c(C(N)=O)nn(-c4ccc(OC)cc4)c3C2=O)cc1. The third kappa shape index (κ3) is 4.52. The van der Waals surface area contributed by atoms with Crippen molar-refractivity contribution in [3.8, 4) is 11.4 Å². The predicted molar refractivity (Wildman–Crippen MR) is 133 cm³/mol. The van der Waals surface area contributed by atoms with E-state index in [4.69, 9.17) is 10.5 Å². The Kier molecular flexibility index (Phi) is 6.42. The minimum Gasteiger partial charge on any atom is -0.497 e. The van der Waals surface area contributed by atoms with Crippen LogP contribution in [0, 0.1) is 0 Å². The van der Waals surface area contributed by atoms with Crippen LogP contribution in [0.5, 0.6) is 5.75 Å². The summed E-state index contributed by atoms with van der Waals surface area (Å²) in [4.78, 5) is 41.2. The maximum Gasteiger partial charge on any atom is 0.277 e. The van der Waals surface area contributed by atoms with E-state index in [1.165, 1.54) is 4.68 Å². The molecule has 0 saturated heterocycles. The first kappa shape index (κ1) is 23.7. The van der Waals surface area contributed by atoms with Crippen molar-refractivity contribution in [1.82, 2.24) is 9.78 Å². The summed E-state index contributed by atoms with van der Waals surface area (Å²) in [7, 11) is 3.27. The molecule has 0 fully saturated rings. The number of amides is 3. The highest BCUT2D eigenvalue weighted by Crippen LogP contribution is 2.30. The summed E-state index contributed by atoms with van der Waals surface area (Å²) >= 11 is 0. The second kappa shape index (κ2) is 9.46. The van der Waals surface area contributed by atoms with Crippen molar-refractivity contribution in [3.05, 3.63) is 77.6 Å². The van der Waals surface area contributed by atoms with Gasteiger partial charge in [0.15, 0.2) is 5.69 Å². The second-order valence-corrected chi connectivity index (χ2v) is 8.46. The molecule has 0 radical (unpaired) electrons. The van der Waals surface area contributed by atoms with Gasteiger partial charge in [-0.25, -0.2) is 4.68 Å². The number of methoxy groups -OCH3 is 1. The Morgan fingerprint density at radius 1 is 1.11 bits per heavy atom. The van der Waals surface area contributed by atoms with Crippen LogP contribution in [0.25, 0.3) is 5.69 Å². The van der Waals surface area contributed by atoms with Crippen LogP contribution in [0.1, 0.15) is 39.9 Å². The smallest absolute Gasteiger partial charge is 0.277 e. The fourth-order valence-electron chi connectivity index (χ4n) is 4.09. The molecular formula is C26H27N5O4. The van der Waals surface area contributed by atoms with Crippen molar-refractivity contribution in [2.24, 2.45) is 5.73 Å². The van der Waals surface area contributed by atoms with Gasteiger partial charge in [-0.15, -0.1) is 0 Å². The molecule has 0 atom stereocenters. The Labute approximate surface area is 203 Å². The van der Waals surface area contributed by atoms with Gasteiger partial charge in [0.1, 0.15) is 11.4 Å². The van der Waals surface area contributed by atoms with E-state index in [1.807, 2.05) is 6.92 Å². The van der Waals surface area contributed by atoms with Crippen molar-refractivity contribution in [3.63, 3.8) is 0 Å². The average molecular weight is 474 g/mol. The van der Waals surface area contributed by atoms with Crippen LogP contribution in [-0.4, -0.2) is 48.2 Å². The molecule has 9 nitrogen and oxygen atoms in total. The lowest BCUT2D eigenvalue weighted by atomic mass is 10.0. The van der Waals surface area contributed by atoms with E-state index in [2.05, 4.69) is 11.7 Å². The largest absolute Gasteiger partial charge is 0.497 e. The molecule has 180 valence electrons. The number of ether oxygens (including phenoxy) is 1. The number of primary amides is 1. The fourth-order valence-corrected chi connectivity index (χ4v) is 4.09. The minimum atomic E-state index is -0.679. The summed E-state index contributed by atoms with van der Waals surface area (Å²) < 4.78 is 6.67. The van der Waals surface area contributed by atoms with Crippen molar-refractivity contribution >= 4 is 29.1 Å². The number of hydrogen-bond acceptors (Lipinski definition) is 5. The Morgan fingerprint density at radius 2 is 1.74 bits per heavy atom. The van der Waals surface area contributed by atoms with Gasteiger partial charge in [0.05, 0.1) is 12.8 Å². The molecule has 9 heteroatoms. The topological polar surface area (TPSA) is 111 Å². The highest BCUT2D eigenvalue weighted by molar-refractivity contribution is 6.09. The number of benzene rings is 2. The molecule has 0 bridgehead atoms. The zero-order valence-electron chi connectivity index (χ0n) is 19.9. The van der Waals surface area contributed by atoms with E-state index < -0.39 is 5.91 Å². The Morgan fingerprint density at radius 3 is 2.31 bits per heavy atom. The molecule has 2 N–H and O–H groups in total. The fraction of sp³-hybridized carbons (Fsp3) is 0.231. The summed E-state index contributed by atoms with van der Waals surface area (Å²) in [5, 5.41) is 4.38. The number of nitrogens with zero attached hydrogens (tertiary/aromatic N) is 4. The molecule has 0 spiro atoms. The zero-order chi connectivity index (χ0) is 25.3. The van der Waals surface area contributed by atoms with Crippen LogP contribution >= 0.6 is 0 Å². The Bertz CT molecular complexity index is 1310. The van der Waals surface area contributed by atoms with E-state index in [0.717, 1.165) is 5.57 Å². The Hall–Kier alpha value is -4.40. The van der Waals surface area contributed by atoms with Crippen molar-refractivity contribution in [2.45, 2.75) is 19.8 Å². The van der Waals surface area contributed by atoms with Crippen LogP contribution in [0.4, 0.5) is 11.4 Å². The average Bonchev–Trinajstić information content (AvgIpc) is 3.24. The van der Waals surface area contributed by atoms with Gasteiger partial charge in [0, 0.05) is 37.0 Å². The number of hydrogen-bond donors (Lipinski definition) is 1. The van der Waals surface area contributed by atoms with Gasteiger partial charge in [-0.05, 0) is 61.9 Å². The maximum atomic E-state index is 13.6. The van der Waals surface area contributed by atoms with Gasteiger partial charge in [-0.2, -0.15) is 5.10 Å². The number of carbonyl (C=O) groups excluding carboxylic acids is 3. The highest BCUT2D eigenvalue weighted by atomic mass is 16.5. The van der Waals surface area contributed by atoms with Crippen LogP contribution in [0.15, 0.2) is 60.7 Å². The number of anilines is 2. The molecule has 2 aromatic carbocycles. The molecule has 1 aliphatic rings. The lowest BCUT2D eigenvalue weighted by Crippen LogP contribution is -2.39. The van der Waals surface area contributed by atoms with Gasteiger partial charge >= 0.3 is 0 Å². The summed E-state index contributed by atoms with van der Waals surface area (Å²) in [6.07, 6.45) is 0.692. The molecule has 4 rings (SSSR count). The van der Waals surface area contributed by atoms with Crippen molar-refractivity contribution in [1.29, 1.82) is 0 Å². The minimum absolute atomic E-state index is 0.0636. The quantitative estimate of drug-likeness (QED) is 0.530. The van der Waals surface area contributed by atoms with Crippen molar-refractivity contribution in [2.75, 3.05) is 30.5 Å². The zero-order valence-corrected chi connectivity index (χ0v) is 19.9. The summed E-state index contributed by atoms with van der Waals surface area (Å²) in [5.74, 6) is -0.376. The lowest BCUT2D eigenvalue weighted by molar-refractivity contribution is -0.117. The third-order valence-corrected chi connectivity index (χ3v) is 5.94. The number of nitrogens with two attached hydrogens (primary N) is 1. The van der Waals surface area contributed by atoms with Gasteiger partial charge < -0.3 is 20.3 Å². The molecule has 2 heterocycles. The first-order chi connectivity index (χ1) is 16.7. The van der Waals surface area contributed by atoms with Gasteiger partial charge in [0.2, 0.25) is 5.91 Å². The number of carbonyl (C=O) groups is 3. The van der Waals surface area contributed by atoms with Crippen LogP contribution < -0.4 is 20.3 Å². The molecular weight excluding hydrogens is 446 g/mol. The summed E-state index contributed by atoms with van der Waals surface area (Å²) in [5.41, 5.74) is 9.28. The third-order valence-electron chi connectivity index (χ3n) is 5.94. The van der Waals surface area contributed by atoms with Crippen molar-refractivity contribution < 1.29 is 19.1 Å². The molecule has 1 aromatic heterocycles. The van der Waals surface area contributed by atoms with Crippen LogP contribution in [-0.2, 0) is 11.2 Å². The molecule has 3 aromatic rings. The standard InChI is InChI=1S/C26H27N5O4/c1-16(2)15-22(32)29(3)17-5-7-18(8-6-17)30-14-13-21-23(25(27)33)28-31(24(21)26(30)34)19-9-11-20(35-4)12-10-19/h5-12H,1,13-15H2,2-4H3,(H2,27,33). The summed E-state index contributed by atoms with van der Waals surface area (Å²) in [6.45, 7) is 5.97. The molecule has 0 unspecified atom stereocenters. The monoisotopic (exact) mass is 473 g/mol. The van der Waals surface area contributed by atoms with E-state index >= 15 is 0 Å². The normalized spacial score (nSPS) is 12.8. The maximum absolute atomic E-state index is 13.6. The molecule has 0 aliphatic carbocycles. The lowest BCUT2D eigenvalue weighted by Gasteiger charge is -2.28. The number of aromatic nitrogens is 2. The highest BCUT2D eigenvalue weighted by Gasteiger charge is 2.34. The van der Waals surface area contributed by atoms with Gasteiger partial charge in [0.25, 0.3) is 11.8 Å². The molecule has 3 amide bonds. The predicted octanol–water partition coefficient (Wildman–Crippen LogP) is 3.11. The molecule has 0 saturated carbocycles. The second-order valence-electron chi connectivity index (χ2n) is 8.46. The van der Waals surface area contributed by atoms with E-state index in [0.29, 0.717) is 47.0 Å². The van der Waals surface area contributed by atoms with E-state index in [9.17, 15) is 14.4 Å². The molecule has 35 heavy (non-hydrogen) atoms. The first-order valence-corrected chi connectivity index (χ1v) is 11.1. The Balaban J connectivity index is 1.67. The van der Waals surface area contributed by atoms with Crippen LogP contribution in [0.2, 0.25) is 0 Å². The van der Waals surface area contributed by atoms with Gasteiger partial charge in [-0.3, -0.25) is 14.4 Å². The molecule has 1 aliphatic heterocycles. The first-order valence-electron chi connectivity index (χ1n) is 11.1. The number of fused-ring (bicyclic) bond motifs is 1. The summed E-state index contributed by atoms with van der Waals surface area (Å²) in [6, 6.07) is 14.2. The van der Waals surface area contributed by atoms with E-state index in [1.54, 1.807) is 72.5 Å². The number of rotatable bonds is 7. The van der Waals surface area contributed by atoms with E-state index in [-0.39, 0.29) is 23.9 Å². The van der Waals surface area contributed by atoms with Gasteiger partial charge in [-0.1, -0.05) is 12.2 Å². The van der Waals surface area contributed by atoms with Crippen LogP contribution in [0.3, 0.4) is 0 Å².